The summed E-state index contributed by atoms with van der Waals surface area (Å²) >= 11 is 0. The van der Waals surface area contributed by atoms with Crippen molar-refractivity contribution in [2.24, 2.45) is 12.2 Å². The molecule has 31 heavy (non-hydrogen) atoms. The second-order valence-electron chi connectivity index (χ2n) is 6.41. The van der Waals surface area contributed by atoms with Crippen molar-refractivity contribution in [1.29, 1.82) is 5.26 Å². The minimum atomic E-state index is -3.79. The van der Waals surface area contributed by atoms with Crippen LogP contribution in [0, 0.1) is 11.3 Å². The fraction of sp³-hybridized carbons (Fsp3) is 0.105. The Bertz CT molecular complexity index is 1370. The minimum absolute atomic E-state index is 0.0110. The molecular formula is C19H15N7O4S. The molecule has 1 aromatic carbocycles. The van der Waals surface area contributed by atoms with E-state index in [1.807, 2.05) is 6.07 Å². The van der Waals surface area contributed by atoms with Gasteiger partial charge in [0.1, 0.15) is 12.7 Å². The summed E-state index contributed by atoms with van der Waals surface area (Å²) in [6.07, 6.45) is 3.00. The maximum Gasteiger partial charge on any atom is 0.261 e. The van der Waals surface area contributed by atoms with Crippen molar-refractivity contribution in [2.45, 2.75) is 11.5 Å². The molecule has 0 spiro atoms. The van der Waals surface area contributed by atoms with Crippen molar-refractivity contribution in [2.75, 3.05) is 0 Å². The lowest BCUT2D eigenvalue weighted by atomic mass is 10.2. The van der Waals surface area contributed by atoms with Gasteiger partial charge < -0.3 is 9.26 Å². The highest BCUT2D eigenvalue weighted by atomic mass is 32.2. The summed E-state index contributed by atoms with van der Waals surface area (Å²) < 4.78 is 35.5. The molecule has 2 N–H and O–H groups in total. The summed E-state index contributed by atoms with van der Waals surface area (Å²) in [5.74, 6) is 0.859. The molecule has 4 aromatic rings. The van der Waals surface area contributed by atoms with E-state index in [0.717, 1.165) is 0 Å². The van der Waals surface area contributed by atoms with Gasteiger partial charge in [-0.15, -0.1) is 0 Å². The van der Waals surface area contributed by atoms with Crippen LogP contribution in [0.3, 0.4) is 0 Å². The molecule has 12 heteroatoms. The molecular weight excluding hydrogens is 422 g/mol. The molecule has 4 rings (SSSR count). The normalized spacial score (nSPS) is 11.3. The second-order valence-corrected chi connectivity index (χ2v) is 7.97. The average molecular weight is 437 g/mol. The van der Waals surface area contributed by atoms with Crippen LogP contribution in [0.2, 0.25) is 0 Å². The van der Waals surface area contributed by atoms with Gasteiger partial charge in [-0.25, -0.2) is 18.5 Å². The summed E-state index contributed by atoms with van der Waals surface area (Å²) in [7, 11) is -2.04. The van der Waals surface area contributed by atoms with Crippen LogP contribution >= 0.6 is 0 Å². The highest BCUT2D eigenvalue weighted by molar-refractivity contribution is 7.89. The van der Waals surface area contributed by atoms with E-state index in [1.54, 1.807) is 30.1 Å². The van der Waals surface area contributed by atoms with E-state index in [4.69, 9.17) is 19.7 Å². The number of aryl methyl sites for hydroxylation is 1. The Labute approximate surface area is 176 Å². The standard InChI is InChI=1S/C19H15N7O4S/c1-26-16(11-29-17-7-2-12(8-20)9-22-17)15(10-23-26)19-24-18(25-30-19)13-3-5-14(6-4-13)31(21,27)28/h2-7,9-10H,11H2,1H3,(H2,21,27,28). The Balaban J connectivity index is 1.56. The fourth-order valence-electron chi connectivity index (χ4n) is 2.73. The van der Waals surface area contributed by atoms with Gasteiger partial charge in [-0.2, -0.15) is 15.3 Å². The van der Waals surface area contributed by atoms with Crippen molar-refractivity contribution in [3.63, 3.8) is 0 Å². The molecule has 3 heterocycles. The highest BCUT2D eigenvalue weighted by Crippen LogP contribution is 2.26. The van der Waals surface area contributed by atoms with Gasteiger partial charge in [-0.05, 0) is 30.3 Å². The Morgan fingerprint density at radius 2 is 1.97 bits per heavy atom. The third-order valence-corrected chi connectivity index (χ3v) is 5.31. The number of hydrogen-bond acceptors (Lipinski definition) is 9. The van der Waals surface area contributed by atoms with Gasteiger partial charge >= 0.3 is 0 Å². The molecule has 156 valence electrons. The number of sulfonamides is 1. The molecule has 0 saturated heterocycles. The van der Waals surface area contributed by atoms with Crippen LogP contribution < -0.4 is 9.88 Å². The molecule has 0 bridgehead atoms. The predicted octanol–water partition coefficient (Wildman–Crippen LogP) is 1.63. The van der Waals surface area contributed by atoms with E-state index in [1.165, 1.54) is 30.5 Å². The van der Waals surface area contributed by atoms with Crippen LogP contribution in [0.5, 0.6) is 5.88 Å². The van der Waals surface area contributed by atoms with Gasteiger partial charge in [0.15, 0.2) is 0 Å². The van der Waals surface area contributed by atoms with Gasteiger partial charge in [0.05, 0.1) is 27.9 Å². The monoisotopic (exact) mass is 437 g/mol. The summed E-state index contributed by atoms with van der Waals surface area (Å²) in [5.41, 5.74) is 2.25. The number of ether oxygens (including phenoxy) is 1. The number of primary sulfonamides is 1. The lowest BCUT2D eigenvalue weighted by Gasteiger charge is -2.06. The Morgan fingerprint density at radius 1 is 1.19 bits per heavy atom. The summed E-state index contributed by atoms with van der Waals surface area (Å²) in [5, 5.41) is 22.1. The van der Waals surface area contributed by atoms with Crippen LogP contribution in [0.15, 0.2) is 58.2 Å². The Morgan fingerprint density at radius 3 is 2.61 bits per heavy atom. The molecule has 0 aliphatic heterocycles. The first-order valence-electron chi connectivity index (χ1n) is 8.82. The largest absolute Gasteiger partial charge is 0.471 e. The smallest absolute Gasteiger partial charge is 0.261 e. The first kappa shape index (κ1) is 20.2. The topological polar surface area (TPSA) is 163 Å². The number of rotatable bonds is 6. The van der Waals surface area contributed by atoms with Crippen LogP contribution in [-0.4, -0.2) is 33.3 Å². The third kappa shape index (κ3) is 4.27. The predicted molar refractivity (Wildman–Crippen MR) is 107 cm³/mol. The van der Waals surface area contributed by atoms with Crippen LogP contribution in [-0.2, 0) is 23.7 Å². The van der Waals surface area contributed by atoms with Crippen LogP contribution in [0.1, 0.15) is 11.3 Å². The molecule has 3 aromatic heterocycles. The lowest BCUT2D eigenvalue weighted by Crippen LogP contribution is -2.11. The molecule has 0 radical (unpaired) electrons. The van der Waals surface area contributed by atoms with Crippen LogP contribution in [0.25, 0.3) is 22.8 Å². The minimum Gasteiger partial charge on any atom is -0.471 e. The maximum absolute atomic E-state index is 11.4. The Hall–Kier alpha value is -4.08. The number of nitrogens with zero attached hydrogens (tertiary/aromatic N) is 6. The molecule has 0 unspecified atom stereocenters. The second kappa shape index (κ2) is 7.98. The molecule has 0 amide bonds. The van der Waals surface area contributed by atoms with E-state index >= 15 is 0 Å². The number of aromatic nitrogens is 5. The molecule has 0 aliphatic rings. The molecule has 11 nitrogen and oxygen atoms in total. The third-order valence-electron chi connectivity index (χ3n) is 4.38. The van der Waals surface area contributed by atoms with E-state index in [0.29, 0.717) is 28.3 Å². The molecule has 0 saturated carbocycles. The number of benzene rings is 1. The zero-order chi connectivity index (χ0) is 22.0. The van der Waals surface area contributed by atoms with Gasteiger partial charge in [-0.1, -0.05) is 5.16 Å². The van der Waals surface area contributed by atoms with Gasteiger partial charge in [0, 0.05) is 24.9 Å². The number of hydrogen-bond donors (Lipinski definition) is 1. The van der Waals surface area contributed by atoms with Gasteiger partial charge in [0.2, 0.25) is 21.7 Å². The van der Waals surface area contributed by atoms with E-state index in [2.05, 4.69) is 20.2 Å². The number of nitriles is 1. The first-order valence-corrected chi connectivity index (χ1v) is 10.4. The maximum atomic E-state index is 11.4. The van der Waals surface area contributed by atoms with E-state index < -0.39 is 10.0 Å². The first-order chi connectivity index (χ1) is 14.8. The van der Waals surface area contributed by atoms with Crippen molar-refractivity contribution in [3.8, 4) is 34.8 Å². The summed E-state index contributed by atoms with van der Waals surface area (Å²) in [4.78, 5) is 8.44. The quantitative estimate of drug-likeness (QED) is 0.472. The van der Waals surface area contributed by atoms with Gasteiger partial charge in [0.25, 0.3) is 5.89 Å². The number of nitrogens with two attached hydrogens (primary N) is 1. The Kier molecular flexibility index (Phi) is 5.20. The average Bonchev–Trinajstić information content (AvgIpc) is 3.39. The summed E-state index contributed by atoms with van der Waals surface area (Å²) in [6, 6.07) is 11.0. The van der Waals surface area contributed by atoms with Crippen molar-refractivity contribution >= 4 is 10.0 Å². The number of pyridine rings is 1. The molecule has 0 atom stereocenters. The van der Waals surface area contributed by atoms with Crippen molar-refractivity contribution < 1.29 is 17.7 Å². The zero-order valence-electron chi connectivity index (χ0n) is 16.1. The SMILES string of the molecule is Cn1ncc(-c2nc(-c3ccc(S(N)(=O)=O)cc3)no2)c1COc1ccc(C#N)cn1. The molecule has 0 aliphatic carbocycles. The van der Waals surface area contributed by atoms with E-state index in [-0.39, 0.29) is 23.2 Å². The van der Waals surface area contributed by atoms with Gasteiger partial charge in [-0.3, -0.25) is 4.68 Å². The summed E-state index contributed by atoms with van der Waals surface area (Å²) in [6.45, 7) is 0.130. The highest BCUT2D eigenvalue weighted by Gasteiger charge is 2.19. The fourth-order valence-corrected chi connectivity index (χ4v) is 3.25. The van der Waals surface area contributed by atoms with Crippen LogP contribution in [0.4, 0.5) is 0 Å². The zero-order valence-corrected chi connectivity index (χ0v) is 16.9. The van der Waals surface area contributed by atoms with E-state index in [9.17, 15) is 8.42 Å². The van der Waals surface area contributed by atoms with Crippen molar-refractivity contribution in [1.82, 2.24) is 24.9 Å². The lowest BCUT2D eigenvalue weighted by molar-refractivity contribution is 0.283. The molecule has 0 fully saturated rings. The van der Waals surface area contributed by atoms with Crippen molar-refractivity contribution in [3.05, 3.63) is 60.0 Å².